The topological polar surface area (TPSA) is 113 Å². The highest BCUT2D eigenvalue weighted by molar-refractivity contribution is 7.60. The van der Waals surface area contributed by atoms with Crippen LogP contribution in [0.2, 0.25) is 0 Å². The highest BCUT2D eigenvalue weighted by Crippen LogP contribution is 2.62. The van der Waals surface area contributed by atoms with E-state index in [2.05, 4.69) is 38.9 Å². The summed E-state index contributed by atoms with van der Waals surface area (Å²) in [7, 11) is -9.79. The molecule has 0 saturated heterocycles. The van der Waals surface area contributed by atoms with Crippen molar-refractivity contribution in [3.05, 3.63) is 0 Å². The van der Waals surface area contributed by atoms with E-state index in [0.29, 0.717) is 29.1 Å². The molecule has 2 aliphatic carbocycles. The Balaban J connectivity index is 1.87. The molecule has 7 nitrogen and oxygen atoms in total. The van der Waals surface area contributed by atoms with E-state index in [9.17, 15) is 14.0 Å². The Morgan fingerprint density at radius 1 is 1.07 bits per heavy atom. The van der Waals surface area contributed by atoms with Gasteiger partial charge in [-0.15, -0.1) is 0 Å². The lowest BCUT2D eigenvalue weighted by Crippen LogP contribution is -2.51. The number of phosphoric ester groups is 1. The molecule has 6 atom stereocenters. The second-order valence-corrected chi connectivity index (χ2v) is 13.2. The molecule has 2 aliphatic rings. The monoisotopic (exact) mass is 454 g/mol. The van der Waals surface area contributed by atoms with Crippen LogP contribution in [0.1, 0.15) is 86.0 Å². The van der Waals surface area contributed by atoms with Gasteiger partial charge in [0.1, 0.15) is 0 Å². The van der Waals surface area contributed by atoms with Gasteiger partial charge in [-0.25, -0.2) is 9.13 Å². The quantitative estimate of drug-likeness (QED) is 0.372. The molecular formula is C20H40O7P2. The van der Waals surface area contributed by atoms with Crippen LogP contribution in [0.5, 0.6) is 0 Å². The van der Waals surface area contributed by atoms with Gasteiger partial charge in [0.25, 0.3) is 0 Å². The van der Waals surface area contributed by atoms with Crippen molar-refractivity contribution in [2.24, 2.45) is 34.5 Å². The lowest BCUT2D eigenvalue weighted by atomic mass is 9.46. The van der Waals surface area contributed by atoms with E-state index in [1.54, 1.807) is 0 Å². The highest BCUT2D eigenvalue weighted by Gasteiger charge is 2.53. The van der Waals surface area contributed by atoms with Gasteiger partial charge in [0.15, 0.2) is 0 Å². The minimum Gasteiger partial charge on any atom is -0.302 e. The summed E-state index contributed by atoms with van der Waals surface area (Å²) < 4.78 is 30.8. The van der Waals surface area contributed by atoms with Crippen LogP contribution in [-0.2, 0) is 18.0 Å². The summed E-state index contributed by atoms with van der Waals surface area (Å²) in [6.07, 6.45) is 9.24. The lowest BCUT2D eigenvalue weighted by Gasteiger charge is -2.59. The second kappa shape index (κ2) is 9.40. The zero-order chi connectivity index (χ0) is 22.1. The zero-order valence-corrected chi connectivity index (χ0v) is 20.3. The molecule has 0 bridgehead atoms. The summed E-state index contributed by atoms with van der Waals surface area (Å²) in [5.41, 5.74) is 0.791. The van der Waals surface area contributed by atoms with Crippen LogP contribution in [0.4, 0.5) is 0 Å². The first kappa shape index (κ1) is 25.5. The van der Waals surface area contributed by atoms with Crippen LogP contribution >= 0.6 is 15.6 Å². The highest BCUT2D eigenvalue weighted by atomic mass is 31.3. The van der Waals surface area contributed by atoms with E-state index >= 15 is 0 Å². The minimum atomic E-state index is -5.06. The van der Waals surface area contributed by atoms with Gasteiger partial charge in [0.05, 0.1) is 6.61 Å². The molecule has 2 rings (SSSR count). The first-order valence-electron chi connectivity index (χ1n) is 10.9. The Kier molecular flexibility index (Phi) is 8.27. The van der Waals surface area contributed by atoms with Crippen molar-refractivity contribution in [1.82, 2.24) is 0 Å². The van der Waals surface area contributed by atoms with E-state index in [-0.39, 0.29) is 12.5 Å². The van der Waals surface area contributed by atoms with Crippen molar-refractivity contribution >= 4 is 15.6 Å². The van der Waals surface area contributed by atoms with E-state index in [1.165, 1.54) is 32.1 Å². The fraction of sp³-hybridized carbons (Fsp3) is 1.00. The van der Waals surface area contributed by atoms with Crippen LogP contribution < -0.4 is 0 Å². The van der Waals surface area contributed by atoms with Crippen molar-refractivity contribution in [2.45, 2.75) is 86.0 Å². The molecule has 9 heteroatoms. The largest absolute Gasteiger partial charge is 0.481 e. The molecule has 0 aromatic rings. The van der Waals surface area contributed by atoms with E-state index in [4.69, 9.17) is 14.3 Å². The van der Waals surface area contributed by atoms with Gasteiger partial charge in [0.2, 0.25) is 0 Å². The maximum Gasteiger partial charge on any atom is 0.481 e. The Labute approximate surface area is 175 Å². The Morgan fingerprint density at radius 3 is 2.34 bits per heavy atom. The van der Waals surface area contributed by atoms with Gasteiger partial charge in [-0.2, -0.15) is 4.31 Å². The summed E-state index contributed by atoms with van der Waals surface area (Å²) in [4.78, 5) is 26.7. The molecule has 0 amide bonds. The van der Waals surface area contributed by atoms with E-state index in [1.807, 2.05) is 0 Å². The predicted octanol–water partition coefficient (Wildman–Crippen LogP) is 5.90. The molecule has 0 radical (unpaired) electrons. The molecule has 172 valence electrons. The normalized spacial score (nSPS) is 35.5. The van der Waals surface area contributed by atoms with Crippen molar-refractivity contribution in [3.63, 3.8) is 0 Å². The fourth-order valence-electron chi connectivity index (χ4n) is 6.36. The van der Waals surface area contributed by atoms with E-state index < -0.39 is 15.6 Å². The molecule has 0 heterocycles. The maximum absolute atomic E-state index is 11.5. The Hall–Kier alpha value is 0.260. The molecular weight excluding hydrogens is 414 g/mol. The number of hydrogen-bond acceptors (Lipinski definition) is 4. The van der Waals surface area contributed by atoms with Gasteiger partial charge < -0.3 is 14.7 Å². The summed E-state index contributed by atoms with van der Waals surface area (Å²) in [5.74, 6) is 2.46. The smallest absolute Gasteiger partial charge is 0.302 e. The van der Waals surface area contributed by atoms with Crippen molar-refractivity contribution in [1.29, 1.82) is 0 Å². The van der Waals surface area contributed by atoms with Gasteiger partial charge in [-0.1, -0.05) is 53.9 Å². The summed E-state index contributed by atoms with van der Waals surface area (Å²) in [6, 6.07) is 0. The summed E-state index contributed by atoms with van der Waals surface area (Å²) >= 11 is 0. The number of fused-ring (bicyclic) bond motifs is 1. The van der Waals surface area contributed by atoms with Gasteiger partial charge in [-0.3, -0.25) is 4.52 Å². The molecule has 2 fully saturated rings. The molecule has 6 unspecified atom stereocenters. The first-order valence-corrected chi connectivity index (χ1v) is 13.9. The third-order valence-electron chi connectivity index (χ3n) is 7.77. The summed E-state index contributed by atoms with van der Waals surface area (Å²) in [6.45, 7) is 11.8. The first-order chi connectivity index (χ1) is 13.2. The number of hydrogen-bond donors (Lipinski definition) is 3. The van der Waals surface area contributed by atoms with Gasteiger partial charge in [-0.05, 0) is 66.6 Å². The van der Waals surface area contributed by atoms with Crippen molar-refractivity contribution in [2.75, 3.05) is 6.61 Å². The number of rotatable bonds is 9. The maximum atomic E-state index is 11.5. The standard InChI is InChI=1S/C20H40O7P2/c1-15(11-14-26-29(24,25)27-28(21,22)23)7-9-17-16(2)8-10-18-19(3,4)12-6-13-20(17,18)5/h15-18H,6-14H2,1-5H3,(H,24,25)(H2,21,22,23). The van der Waals surface area contributed by atoms with Gasteiger partial charge in [0, 0.05) is 0 Å². The van der Waals surface area contributed by atoms with E-state index in [0.717, 1.165) is 18.8 Å². The third kappa shape index (κ3) is 6.87. The molecule has 3 N–H and O–H groups in total. The summed E-state index contributed by atoms with van der Waals surface area (Å²) in [5, 5.41) is 0. The number of phosphoric acid groups is 2. The fourth-order valence-corrected chi connectivity index (χ4v) is 7.96. The van der Waals surface area contributed by atoms with Crippen LogP contribution in [0, 0.1) is 34.5 Å². The molecule has 29 heavy (non-hydrogen) atoms. The minimum absolute atomic E-state index is 0.0674. The Bertz CT molecular complexity index is 647. The SMILES string of the molecule is CC(CCOP(=O)(O)OP(=O)(O)O)CCC1C(C)CCC2C(C)(C)CCCC12C. The average molecular weight is 454 g/mol. The van der Waals surface area contributed by atoms with Gasteiger partial charge >= 0.3 is 15.6 Å². The third-order valence-corrected chi connectivity index (χ3v) is 9.95. The molecule has 0 aliphatic heterocycles. The van der Waals surface area contributed by atoms with Crippen LogP contribution in [0.15, 0.2) is 0 Å². The average Bonchev–Trinajstić information content (AvgIpc) is 2.50. The lowest BCUT2D eigenvalue weighted by molar-refractivity contribution is -0.0972. The van der Waals surface area contributed by atoms with Crippen molar-refractivity contribution in [3.8, 4) is 0 Å². The second-order valence-electron chi connectivity index (χ2n) is 10.4. The molecule has 0 spiro atoms. The van der Waals surface area contributed by atoms with Crippen molar-refractivity contribution < 1.29 is 32.6 Å². The molecule has 2 saturated carbocycles. The van der Waals surface area contributed by atoms with Crippen LogP contribution in [0.3, 0.4) is 0 Å². The molecule has 0 aromatic carbocycles. The Morgan fingerprint density at radius 2 is 1.72 bits per heavy atom. The van der Waals surface area contributed by atoms with Crippen LogP contribution in [0.25, 0.3) is 0 Å². The zero-order valence-electron chi connectivity index (χ0n) is 18.5. The predicted molar refractivity (Wildman–Crippen MR) is 113 cm³/mol. The van der Waals surface area contributed by atoms with Crippen LogP contribution in [-0.4, -0.2) is 21.3 Å². The molecule has 0 aromatic heterocycles.